The minimum absolute atomic E-state index is 0.179. The summed E-state index contributed by atoms with van der Waals surface area (Å²) in [6.07, 6.45) is 4.34. The van der Waals surface area contributed by atoms with E-state index in [9.17, 15) is 4.79 Å². The second kappa shape index (κ2) is 2.98. The van der Waals surface area contributed by atoms with Gasteiger partial charge in [-0.15, -0.1) is 0 Å². The largest absolute Gasteiger partial charge is 0.465 e. The van der Waals surface area contributed by atoms with Gasteiger partial charge >= 0.3 is 5.97 Å². The van der Waals surface area contributed by atoms with Gasteiger partial charge in [0.25, 0.3) is 0 Å². The topological polar surface area (TPSA) is 52.3 Å². The summed E-state index contributed by atoms with van der Waals surface area (Å²) in [5, 5.41) is 0. The molecule has 2 fully saturated rings. The number of carbonyl (C=O) groups excluding carboxylic acids is 1. The van der Waals surface area contributed by atoms with Crippen LogP contribution >= 0.6 is 0 Å². The highest BCUT2D eigenvalue weighted by atomic mass is 16.5. The molecule has 2 rings (SSSR count). The molecule has 3 heteroatoms. The SMILES string of the molecule is CCOC(=O)C1(N)CC2CCC1C2. The van der Waals surface area contributed by atoms with Crippen LogP contribution in [0.15, 0.2) is 0 Å². The molecule has 0 aromatic carbocycles. The highest BCUT2D eigenvalue weighted by Gasteiger charge is 2.53. The predicted molar refractivity (Wildman–Crippen MR) is 49.0 cm³/mol. The van der Waals surface area contributed by atoms with Crippen LogP contribution in [-0.4, -0.2) is 18.1 Å². The Hall–Kier alpha value is -0.570. The van der Waals surface area contributed by atoms with Crippen LogP contribution in [-0.2, 0) is 9.53 Å². The number of fused-ring (bicyclic) bond motifs is 2. The average molecular weight is 183 g/mol. The summed E-state index contributed by atoms with van der Waals surface area (Å²) in [5.74, 6) is 0.887. The zero-order chi connectivity index (χ0) is 9.47. The molecule has 2 aliphatic carbocycles. The van der Waals surface area contributed by atoms with Crippen molar-refractivity contribution >= 4 is 5.97 Å². The van der Waals surface area contributed by atoms with Crippen molar-refractivity contribution in [3.05, 3.63) is 0 Å². The van der Waals surface area contributed by atoms with Gasteiger partial charge in [-0.25, -0.2) is 0 Å². The number of carbonyl (C=O) groups is 1. The third-order valence-electron chi connectivity index (χ3n) is 3.55. The van der Waals surface area contributed by atoms with Gasteiger partial charge in [-0.2, -0.15) is 0 Å². The summed E-state index contributed by atoms with van der Waals surface area (Å²) in [4.78, 5) is 11.6. The Morgan fingerprint density at radius 2 is 2.38 bits per heavy atom. The number of hydrogen-bond acceptors (Lipinski definition) is 3. The van der Waals surface area contributed by atoms with E-state index in [4.69, 9.17) is 10.5 Å². The molecular weight excluding hydrogens is 166 g/mol. The smallest absolute Gasteiger partial charge is 0.326 e. The second-order valence-corrected chi connectivity index (χ2v) is 4.34. The summed E-state index contributed by atoms with van der Waals surface area (Å²) >= 11 is 0. The maximum atomic E-state index is 11.6. The zero-order valence-electron chi connectivity index (χ0n) is 8.08. The lowest BCUT2D eigenvalue weighted by atomic mass is 9.82. The number of esters is 1. The molecular formula is C10H17NO2. The van der Waals surface area contributed by atoms with Gasteiger partial charge in [0, 0.05) is 0 Å². The molecule has 3 atom stereocenters. The van der Waals surface area contributed by atoms with E-state index in [0.717, 1.165) is 19.3 Å². The van der Waals surface area contributed by atoms with Crippen LogP contribution in [0.3, 0.4) is 0 Å². The van der Waals surface area contributed by atoms with Crippen molar-refractivity contribution in [2.45, 2.75) is 38.1 Å². The molecule has 3 unspecified atom stereocenters. The number of nitrogens with two attached hydrogens (primary N) is 1. The molecule has 2 aliphatic rings. The lowest BCUT2D eigenvalue weighted by Gasteiger charge is -2.30. The summed E-state index contributed by atoms with van der Waals surface area (Å²) in [6.45, 7) is 2.27. The normalized spacial score (nSPS) is 42.3. The van der Waals surface area contributed by atoms with Crippen LogP contribution in [0.2, 0.25) is 0 Å². The van der Waals surface area contributed by atoms with Crippen LogP contribution in [0, 0.1) is 11.8 Å². The number of hydrogen-bond donors (Lipinski definition) is 1. The van der Waals surface area contributed by atoms with E-state index in [1.807, 2.05) is 6.92 Å². The Bertz CT molecular complexity index is 229. The summed E-state index contributed by atoms with van der Waals surface area (Å²) in [7, 11) is 0. The van der Waals surface area contributed by atoms with Crippen LogP contribution in [0.5, 0.6) is 0 Å². The summed E-state index contributed by atoms with van der Waals surface area (Å²) < 4.78 is 5.02. The first kappa shape index (κ1) is 9.00. The maximum Gasteiger partial charge on any atom is 0.326 e. The first-order valence-electron chi connectivity index (χ1n) is 5.13. The van der Waals surface area contributed by atoms with Gasteiger partial charge in [0.1, 0.15) is 5.54 Å². The van der Waals surface area contributed by atoms with E-state index in [1.165, 1.54) is 6.42 Å². The second-order valence-electron chi connectivity index (χ2n) is 4.34. The third-order valence-corrected chi connectivity index (χ3v) is 3.55. The zero-order valence-corrected chi connectivity index (χ0v) is 8.08. The minimum atomic E-state index is -0.640. The van der Waals surface area contributed by atoms with Gasteiger partial charge in [-0.1, -0.05) is 6.42 Å². The Labute approximate surface area is 78.6 Å². The molecule has 3 nitrogen and oxygen atoms in total. The molecule has 2 N–H and O–H groups in total. The molecule has 0 aliphatic heterocycles. The molecule has 0 heterocycles. The molecule has 0 amide bonds. The van der Waals surface area contributed by atoms with Crippen LogP contribution in [0.4, 0.5) is 0 Å². The van der Waals surface area contributed by atoms with Crippen molar-refractivity contribution in [1.29, 1.82) is 0 Å². The Balaban J connectivity index is 2.08. The molecule has 74 valence electrons. The van der Waals surface area contributed by atoms with Crippen LogP contribution < -0.4 is 5.73 Å². The van der Waals surface area contributed by atoms with Crippen LogP contribution in [0.1, 0.15) is 32.6 Å². The monoisotopic (exact) mass is 183 g/mol. The van der Waals surface area contributed by atoms with Gasteiger partial charge in [0.2, 0.25) is 0 Å². The van der Waals surface area contributed by atoms with Gasteiger partial charge in [-0.3, -0.25) is 4.79 Å². The van der Waals surface area contributed by atoms with E-state index >= 15 is 0 Å². The highest BCUT2D eigenvalue weighted by molar-refractivity contribution is 5.81. The summed E-state index contributed by atoms with van der Waals surface area (Å²) in [6, 6.07) is 0. The molecule has 2 saturated carbocycles. The molecule has 0 radical (unpaired) electrons. The molecule has 2 bridgehead atoms. The molecule has 0 saturated heterocycles. The van der Waals surface area contributed by atoms with Gasteiger partial charge in [0.05, 0.1) is 6.61 Å². The van der Waals surface area contributed by atoms with Crippen molar-refractivity contribution < 1.29 is 9.53 Å². The average Bonchev–Trinajstić information content (AvgIpc) is 2.64. The van der Waals surface area contributed by atoms with Crippen molar-refractivity contribution in [2.24, 2.45) is 17.6 Å². The van der Waals surface area contributed by atoms with E-state index in [0.29, 0.717) is 18.4 Å². The fraction of sp³-hybridized carbons (Fsp3) is 0.900. The van der Waals surface area contributed by atoms with Gasteiger partial charge < -0.3 is 10.5 Å². The van der Waals surface area contributed by atoms with E-state index < -0.39 is 5.54 Å². The molecule has 0 aromatic rings. The molecule has 0 aromatic heterocycles. The Kier molecular flexibility index (Phi) is 2.06. The van der Waals surface area contributed by atoms with E-state index in [-0.39, 0.29) is 5.97 Å². The maximum absolute atomic E-state index is 11.6. The van der Waals surface area contributed by atoms with E-state index in [1.54, 1.807) is 0 Å². The van der Waals surface area contributed by atoms with E-state index in [2.05, 4.69) is 0 Å². The quantitative estimate of drug-likeness (QED) is 0.651. The minimum Gasteiger partial charge on any atom is -0.465 e. The Morgan fingerprint density at radius 3 is 2.85 bits per heavy atom. The van der Waals surface area contributed by atoms with Crippen molar-refractivity contribution in [2.75, 3.05) is 6.61 Å². The number of rotatable bonds is 2. The fourth-order valence-corrected chi connectivity index (χ4v) is 2.89. The molecule has 13 heavy (non-hydrogen) atoms. The first-order chi connectivity index (χ1) is 6.16. The van der Waals surface area contributed by atoms with Crippen molar-refractivity contribution in [3.8, 4) is 0 Å². The predicted octanol–water partition coefficient (Wildman–Crippen LogP) is 1.07. The lowest BCUT2D eigenvalue weighted by molar-refractivity contribution is -0.151. The number of ether oxygens (including phenoxy) is 1. The molecule has 0 spiro atoms. The fourth-order valence-electron chi connectivity index (χ4n) is 2.89. The third kappa shape index (κ3) is 1.26. The van der Waals surface area contributed by atoms with Crippen molar-refractivity contribution in [3.63, 3.8) is 0 Å². The van der Waals surface area contributed by atoms with Gasteiger partial charge in [-0.05, 0) is 38.0 Å². The standard InChI is InChI=1S/C10H17NO2/c1-2-13-9(12)10(11)6-7-3-4-8(10)5-7/h7-8H,2-6,11H2,1H3. The van der Waals surface area contributed by atoms with Crippen molar-refractivity contribution in [1.82, 2.24) is 0 Å². The first-order valence-corrected chi connectivity index (χ1v) is 5.13. The highest BCUT2D eigenvalue weighted by Crippen LogP contribution is 2.49. The summed E-state index contributed by atoms with van der Waals surface area (Å²) in [5.41, 5.74) is 5.46. The lowest BCUT2D eigenvalue weighted by Crippen LogP contribution is -2.53. The van der Waals surface area contributed by atoms with Gasteiger partial charge in [0.15, 0.2) is 0 Å². The van der Waals surface area contributed by atoms with Crippen LogP contribution in [0.25, 0.3) is 0 Å². The Morgan fingerprint density at radius 1 is 1.62 bits per heavy atom.